The van der Waals surface area contributed by atoms with Gasteiger partial charge in [-0.05, 0) is 30.7 Å². The molecule has 2 aromatic rings. The topological polar surface area (TPSA) is 49.5 Å². The van der Waals surface area contributed by atoms with Crippen molar-refractivity contribution in [1.29, 1.82) is 0 Å². The van der Waals surface area contributed by atoms with Gasteiger partial charge in [-0.15, -0.1) is 0 Å². The third-order valence-corrected chi connectivity index (χ3v) is 2.64. The number of anilines is 1. The van der Waals surface area contributed by atoms with Crippen LogP contribution in [0, 0.1) is 0 Å². The van der Waals surface area contributed by atoms with Gasteiger partial charge in [-0.25, -0.2) is 4.98 Å². The Morgan fingerprint density at radius 1 is 1.47 bits per heavy atom. The lowest BCUT2D eigenvalue weighted by atomic mass is 10.1. The van der Waals surface area contributed by atoms with Crippen LogP contribution in [0.25, 0.3) is 0 Å². The minimum Gasteiger partial charge on any atom is -0.472 e. The van der Waals surface area contributed by atoms with Gasteiger partial charge in [0.2, 0.25) is 0 Å². The number of hydrogen-bond acceptors (Lipinski definition) is 4. The summed E-state index contributed by atoms with van der Waals surface area (Å²) in [6.07, 6.45) is 4.61. The lowest BCUT2D eigenvalue weighted by Crippen LogP contribution is -2.17. The van der Waals surface area contributed by atoms with Gasteiger partial charge >= 0.3 is 0 Å². The molecular formula is C13H16N2O2. The number of pyridine rings is 1. The zero-order chi connectivity index (χ0) is 12.3. The zero-order valence-corrected chi connectivity index (χ0v) is 10.00. The molecule has 0 amide bonds. The second-order valence-electron chi connectivity index (χ2n) is 4.11. The molecule has 0 aliphatic heterocycles. The molecule has 90 valence electrons. The molecule has 0 unspecified atom stereocenters. The summed E-state index contributed by atoms with van der Waals surface area (Å²) < 4.78 is 5.03. The molecular weight excluding hydrogens is 216 g/mol. The van der Waals surface area contributed by atoms with E-state index in [4.69, 9.17) is 4.42 Å². The van der Waals surface area contributed by atoms with E-state index in [-0.39, 0.29) is 0 Å². The summed E-state index contributed by atoms with van der Waals surface area (Å²) in [5.74, 6) is 0.838. The molecule has 0 saturated heterocycles. The van der Waals surface area contributed by atoms with Crippen LogP contribution in [0.2, 0.25) is 0 Å². The average Bonchev–Trinajstić information content (AvgIpc) is 2.82. The van der Waals surface area contributed by atoms with Crippen LogP contribution in [-0.2, 0) is 6.54 Å². The minimum atomic E-state index is -0.473. The van der Waals surface area contributed by atoms with Gasteiger partial charge in [0, 0.05) is 25.4 Å². The Morgan fingerprint density at radius 3 is 2.94 bits per heavy atom. The number of furan rings is 1. The molecule has 0 fully saturated rings. The summed E-state index contributed by atoms with van der Waals surface area (Å²) in [6.45, 7) is 2.47. The maximum Gasteiger partial charge on any atom is 0.128 e. The van der Waals surface area contributed by atoms with Crippen molar-refractivity contribution in [2.24, 2.45) is 0 Å². The van der Waals surface area contributed by atoms with Gasteiger partial charge in [0.1, 0.15) is 5.82 Å². The number of aromatic nitrogens is 1. The normalized spacial score (nSPS) is 12.4. The van der Waals surface area contributed by atoms with Crippen LogP contribution in [0.4, 0.5) is 5.82 Å². The molecule has 0 saturated carbocycles. The van der Waals surface area contributed by atoms with Crippen LogP contribution < -0.4 is 4.90 Å². The molecule has 4 nitrogen and oxygen atoms in total. The van der Waals surface area contributed by atoms with E-state index in [1.54, 1.807) is 25.6 Å². The van der Waals surface area contributed by atoms with E-state index < -0.39 is 6.10 Å². The fraction of sp³-hybridized carbons (Fsp3) is 0.308. The van der Waals surface area contributed by atoms with Crippen LogP contribution in [0.5, 0.6) is 0 Å². The summed E-state index contributed by atoms with van der Waals surface area (Å²) in [6, 6.07) is 5.64. The minimum absolute atomic E-state index is 0.473. The Morgan fingerprint density at radius 2 is 2.29 bits per heavy atom. The Hall–Kier alpha value is -1.81. The molecule has 2 aromatic heterocycles. The van der Waals surface area contributed by atoms with E-state index in [0.717, 1.165) is 23.5 Å². The first-order valence-corrected chi connectivity index (χ1v) is 5.53. The monoisotopic (exact) mass is 232 g/mol. The Labute approximate surface area is 101 Å². The van der Waals surface area contributed by atoms with Gasteiger partial charge in [0.05, 0.1) is 18.6 Å². The van der Waals surface area contributed by atoms with Gasteiger partial charge in [0.15, 0.2) is 0 Å². The van der Waals surface area contributed by atoms with Crippen molar-refractivity contribution >= 4 is 5.82 Å². The summed E-state index contributed by atoms with van der Waals surface area (Å²) in [5.41, 5.74) is 1.96. The van der Waals surface area contributed by atoms with Crippen LogP contribution in [0.1, 0.15) is 24.2 Å². The van der Waals surface area contributed by atoms with Gasteiger partial charge in [-0.3, -0.25) is 0 Å². The maximum absolute atomic E-state index is 9.53. The Bertz CT molecular complexity index is 466. The lowest BCUT2D eigenvalue weighted by Gasteiger charge is -2.18. The van der Waals surface area contributed by atoms with E-state index in [1.807, 2.05) is 30.1 Å². The molecule has 2 rings (SSSR count). The third kappa shape index (κ3) is 2.85. The number of rotatable bonds is 4. The maximum atomic E-state index is 9.53. The van der Waals surface area contributed by atoms with E-state index in [1.165, 1.54) is 0 Å². The Balaban J connectivity index is 2.13. The number of aliphatic hydroxyl groups excluding tert-OH is 1. The predicted octanol–water partition coefficient (Wildman–Crippen LogP) is 2.36. The van der Waals surface area contributed by atoms with Crippen LogP contribution in [0.15, 0.2) is 41.3 Å². The predicted molar refractivity (Wildman–Crippen MR) is 65.7 cm³/mol. The Kier molecular flexibility index (Phi) is 3.44. The van der Waals surface area contributed by atoms with Gasteiger partial charge < -0.3 is 14.4 Å². The van der Waals surface area contributed by atoms with Crippen LogP contribution in [-0.4, -0.2) is 17.1 Å². The fourth-order valence-electron chi connectivity index (χ4n) is 1.64. The fourth-order valence-corrected chi connectivity index (χ4v) is 1.64. The average molecular weight is 232 g/mol. The quantitative estimate of drug-likeness (QED) is 0.879. The van der Waals surface area contributed by atoms with Crippen molar-refractivity contribution in [3.05, 3.63) is 48.0 Å². The van der Waals surface area contributed by atoms with E-state index >= 15 is 0 Å². The first-order chi connectivity index (χ1) is 8.16. The molecule has 0 spiro atoms. The summed E-state index contributed by atoms with van der Waals surface area (Å²) in [7, 11) is 1.96. The summed E-state index contributed by atoms with van der Waals surface area (Å²) in [4.78, 5) is 6.30. The lowest BCUT2D eigenvalue weighted by molar-refractivity contribution is 0.199. The first kappa shape index (κ1) is 11.7. The van der Waals surface area contributed by atoms with Gasteiger partial charge in [-0.1, -0.05) is 0 Å². The van der Waals surface area contributed by atoms with Crippen molar-refractivity contribution in [3.8, 4) is 0 Å². The molecule has 0 aliphatic carbocycles. The van der Waals surface area contributed by atoms with Crippen molar-refractivity contribution in [2.75, 3.05) is 11.9 Å². The van der Waals surface area contributed by atoms with Crippen LogP contribution >= 0.6 is 0 Å². The molecule has 0 aromatic carbocycles. The van der Waals surface area contributed by atoms with E-state index in [0.29, 0.717) is 0 Å². The third-order valence-electron chi connectivity index (χ3n) is 2.64. The number of hydrogen-bond donors (Lipinski definition) is 1. The highest BCUT2D eigenvalue weighted by Crippen LogP contribution is 2.18. The molecule has 2 heterocycles. The molecule has 1 N–H and O–H groups in total. The summed E-state index contributed by atoms with van der Waals surface area (Å²) in [5, 5.41) is 9.53. The standard InChI is InChI=1S/C13H16N2O2/c1-10(16)12-3-5-14-13(7-12)15(2)8-11-4-6-17-9-11/h3-7,9-10,16H,8H2,1-2H3/t10-/m0/s1. The molecule has 0 radical (unpaired) electrons. The zero-order valence-electron chi connectivity index (χ0n) is 10.00. The van der Waals surface area contributed by atoms with Crippen molar-refractivity contribution < 1.29 is 9.52 Å². The van der Waals surface area contributed by atoms with Crippen molar-refractivity contribution in [3.63, 3.8) is 0 Å². The molecule has 1 atom stereocenters. The van der Waals surface area contributed by atoms with Crippen LogP contribution in [0.3, 0.4) is 0 Å². The van der Waals surface area contributed by atoms with Gasteiger partial charge in [0.25, 0.3) is 0 Å². The highest BCUT2D eigenvalue weighted by atomic mass is 16.3. The molecule has 0 bridgehead atoms. The molecule has 4 heteroatoms. The number of nitrogens with zero attached hydrogens (tertiary/aromatic N) is 2. The smallest absolute Gasteiger partial charge is 0.128 e. The number of aliphatic hydroxyl groups is 1. The van der Waals surface area contributed by atoms with Crippen molar-refractivity contribution in [1.82, 2.24) is 4.98 Å². The van der Waals surface area contributed by atoms with E-state index in [9.17, 15) is 5.11 Å². The molecule has 17 heavy (non-hydrogen) atoms. The van der Waals surface area contributed by atoms with Crippen molar-refractivity contribution in [2.45, 2.75) is 19.6 Å². The SMILES string of the molecule is C[C@H](O)c1ccnc(N(C)Cc2ccoc2)c1. The van der Waals surface area contributed by atoms with E-state index in [2.05, 4.69) is 4.98 Å². The highest BCUT2D eigenvalue weighted by Gasteiger charge is 2.07. The first-order valence-electron chi connectivity index (χ1n) is 5.53. The van der Waals surface area contributed by atoms with Gasteiger partial charge in [-0.2, -0.15) is 0 Å². The largest absolute Gasteiger partial charge is 0.472 e. The second-order valence-corrected chi connectivity index (χ2v) is 4.11. The summed E-state index contributed by atoms with van der Waals surface area (Å²) >= 11 is 0. The second kappa shape index (κ2) is 5.01. The molecule has 0 aliphatic rings. The highest BCUT2D eigenvalue weighted by molar-refractivity contribution is 5.41.